The first-order valence-electron chi connectivity index (χ1n) is 6.19. The van der Waals surface area contributed by atoms with E-state index in [1.54, 1.807) is 0 Å². The number of rotatable bonds is 8. The van der Waals surface area contributed by atoms with E-state index in [1.165, 1.54) is 5.69 Å². The Balaban J connectivity index is 2.34. The fraction of sp³-hybridized carbons (Fsp3) is 0.750. The molecule has 0 aromatic carbocycles. The highest BCUT2D eigenvalue weighted by Gasteiger charge is 2.11. The predicted octanol–water partition coefficient (Wildman–Crippen LogP) is 2.26. The van der Waals surface area contributed by atoms with Gasteiger partial charge in [-0.05, 0) is 42.2 Å². The van der Waals surface area contributed by atoms with Gasteiger partial charge >= 0.3 is 0 Å². The van der Waals surface area contributed by atoms with E-state index >= 15 is 0 Å². The quantitative estimate of drug-likeness (QED) is 0.749. The first-order valence-corrected chi connectivity index (χ1v) is 6.98. The zero-order valence-corrected chi connectivity index (χ0v) is 12.5. The summed E-state index contributed by atoms with van der Waals surface area (Å²) >= 11 is 3.61. The van der Waals surface area contributed by atoms with Gasteiger partial charge in [-0.15, -0.1) is 0 Å². The molecule has 17 heavy (non-hydrogen) atoms. The molecule has 1 heterocycles. The van der Waals surface area contributed by atoms with Crippen LogP contribution in [0.15, 0.2) is 4.47 Å². The Bertz CT molecular complexity index is 339. The molecular weight excluding hydrogens is 282 g/mol. The Labute approximate surface area is 112 Å². The van der Waals surface area contributed by atoms with E-state index in [0.29, 0.717) is 0 Å². The van der Waals surface area contributed by atoms with Crippen LogP contribution in [0.2, 0.25) is 0 Å². The summed E-state index contributed by atoms with van der Waals surface area (Å²) in [5.41, 5.74) is 2.33. The monoisotopic (exact) mass is 303 g/mol. The summed E-state index contributed by atoms with van der Waals surface area (Å²) in [7, 11) is 1.99. The predicted molar refractivity (Wildman–Crippen MR) is 73.1 cm³/mol. The van der Waals surface area contributed by atoms with Gasteiger partial charge in [0.25, 0.3) is 0 Å². The Hall–Kier alpha value is -0.390. The molecule has 0 saturated carbocycles. The van der Waals surface area contributed by atoms with Gasteiger partial charge in [-0.25, -0.2) is 0 Å². The van der Waals surface area contributed by atoms with Crippen molar-refractivity contribution in [3.8, 4) is 0 Å². The molecule has 98 valence electrons. The summed E-state index contributed by atoms with van der Waals surface area (Å²) in [6.07, 6.45) is 2.00. The van der Waals surface area contributed by atoms with Gasteiger partial charge in [-0.3, -0.25) is 4.68 Å². The zero-order chi connectivity index (χ0) is 12.7. The van der Waals surface area contributed by atoms with Crippen LogP contribution in [0.1, 0.15) is 31.7 Å². The molecule has 1 rings (SSSR count). The normalized spacial score (nSPS) is 11.1. The van der Waals surface area contributed by atoms with Gasteiger partial charge in [-0.1, -0.05) is 6.92 Å². The average Bonchev–Trinajstić information content (AvgIpc) is 2.60. The van der Waals surface area contributed by atoms with Crippen LogP contribution in [0.5, 0.6) is 0 Å². The maximum atomic E-state index is 5.29. The average molecular weight is 304 g/mol. The molecule has 0 atom stereocenters. The van der Waals surface area contributed by atoms with E-state index in [9.17, 15) is 0 Å². The second-order valence-corrected chi connectivity index (χ2v) is 4.70. The molecule has 0 spiro atoms. The molecule has 1 N–H and O–H groups in total. The molecule has 0 aliphatic carbocycles. The largest absolute Gasteiger partial charge is 0.382 e. The fourth-order valence-electron chi connectivity index (χ4n) is 1.66. The number of nitrogens with zero attached hydrogens (tertiary/aromatic N) is 2. The lowest BCUT2D eigenvalue weighted by Crippen LogP contribution is -2.18. The van der Waals surface area contributed by atoms with Crippen LogP contribution in [0, 0.1) is 0 Å². The van der Waals surface area contributed by atoms with Crippen molar-refractivity contribution in [3.63, 3.8) is 0 Å². The van der Waals surface area contributed by atoms with Gasteiger partial charge in [0.1, 0.15) is 0 Å². The van der Waals surface area contributed by atoms with E-state index in [4.69, 9.17) is 4.74 Å². The lowest BCUT2D eigenvalue weighted by Gasteiger charge is -2.06. The second-order valence-electron chi connectivity index (χ2n) is 3.91. The summed E-state index contributed by atoms with van der Waals surface area (Å²) < 4.78 is 8.37. The SMILES string of the molecule is CCOCCCNCc1c(Br)c(CC)nn1C. The number of nitrogens with one attached hydrogen (secondary N) is 1. The van der Waals surface area contributed by atoms with Gasteiger partial charge in [0.2, 0.25) is 0 Å². The standard InChI is InChI=1S/C12H22BrN3O/c1-4-10-12(13)11(16(3)15-10)9-14-7-6-8-17-5-2/h14H,4-9H2,1-3H3. The molecule has 0 saturated heterocycles. The Morgan fingerprint density at radius 3 is 2.76 bits per heavy atom. The second kappa shape index (κ2) is 7.84. The van der Waals surface area contributed by atoms with E-state index in [2.05, 4.69) is 33.3 Å². The van der Waals surface area contributed by atoms with E-state index in [1.807, 2.05) is 18.7 Å². The van der Waals surface area contributed by atoms with Crippen LogP contribution in [-0.2, 0) is 24.8 Å². The topological polar surface area (TPSA) is 39.1 Å². The number of hydrogen-bond donors (Lipinski definition) is 1. The van der Waals surface area contributed by atoms with Crippen molar-refractivity contribution in [1.82, 2.24) is 15.1 Å². The van der Waals surface area contributed by atoms with Crippen LogP contribution in [-0.4, -0.2) is 29.5 Å². The van der Waals surface area contributed by atoms with Crippen molar-refractivity contribution < 1.29 is 4.74 Å². The van der Waals surface area contributed by atoms with Crippen LogP contribution < -0.4 is 5.32 Å². The highest BCUT2D eigenvalue weighted by Crippen LogP contribution is 2.21. The molecule has 5 heteroatoms. The summed E-state index contributed by atoms with van der Waals surface area (Å²) in [5.74, 6) is 0. The number of aromatic nitrogens is 2. The highest BCUT2D eigenvalue weighted by atomic mass is 79.9. The molecule has 4 nitrogen and oxygen atoms in total. The van der Waals surface area contributed by atoms with Crippen molar-refractivity contribution >= 4 is 15.9 Å². The van der Waals surface area contributed by atoms with Gasteiger partial charge in [0.15, 0.2) is 0 Å². The van der Waals surface area contributed by atoms with Gasteiger partial charge in [0.05, 0.1) is 15.9 Å². The van der Waals surface area contributed by atoms with Gasteiger partial charge < -0.3 is 10.1 Å². The van der Waals surface area contributed by atoms with Crippen LogP contribution in [0.4, 0.5) is 0 Å². The number of ether oxygens (including phenoxy) is 1. The molecule has 0 aliphatic rings. The lowest BCUT2D eigenvalue weighted by molar-refractivity contribution is 0.144. The molecule has 1 aromatic heterocycles. The van der Waals surface area contributed by atoms with Gasteiger partial charge in [0, 0.05) is 26.8 Å². The Morgan fingerprint density at radius 2 is 2.18 bits per heavy atom. The maximum Gasteiger partial charge on any atom is 0.0767 e. The van der Waals surface area contributed by atoms with Crippen molar-refractivity contribution in [2.45, 2.75) is 33.2 Å². The van der Waals surface area contributed by atoms with Crippen LogP contribution >= 0.6 is 15.9 Å². The smallest absolute Gasteiger partial charge is 0.0767 e. The molecule has 0 unspecified atom stereocenters. The summed E-state index contributed by atoms with van der Waals surface area (Å²) in [6.45, 7) is 7.58. The van der Waals surface area contributed by atoms with Crippen molar-refractivity contribution in [2.75, 3.05) is 19.8 Å². The first-order chi connectivity index (χ1) is 8.20. The third-order valence-corrected chi connectivity index (χ3v) is 3.56. The molecule has 1 aromatic rings. The Kier molecular flexibility index (Phi) is 6.77. The van der Waals surface area contributed by atoms with Crippen molar-refractivity contribution in [2.24, 2.45) is 7.05 Å². The third kappa shape index (κ3) is 4.41. The molecule has 0 radical (unpaired) electrons. The molecule has 0 fully saturated rings. The first kappa shape index (κ1) is 14.7. The summed E-state index contributed by atoms with van der Waals surface area (Å²) in [6, 6.07) is 0. The lowest BCUT2D eigenvalue weighted by atomic mass is 10.3. The zero-order valence-electron chi connectivity index (χ0n) is 10.9. The third-order valence-electron chi connectivity index (χ3n) is 2.64. The van der Waals surface area contributed by atoms with Crippen LogP contribution in [0.3, 0.4) is 0 Å². The maximum absolute atomic E-state index is 5.29. The van der Waals surface area contributed by atoms with E-state index in [0.717, 1.165) is 49.3 Å². The van der Waals surface area contributed by atoms with Crippen molar-refractivity contribution in [3.05, 3.63) is 15.9 Å². The summed E-state index contributed by atoms with van der Waals surface area (Å²) in [4.78, 5) is 0. The molecule has 0 amide bonds. The van der Waals surface area contributed by atoms with Crippen LogP contribution in [0.25, 0.3) is 0 Å². The number of halogens is 1. The minimum Gasteiger partial charge on any atom is -0.382 e. The van der Waals surface area contributed by atoms with Gasteiger partial charge in [-0.2, -0.15) is 5.10 Å². The van der Waals surface area contributed by atoms with E-state index < -0.39 is 0 Å². The number of hydrogen-bond acceptors (Lipinski definition) is 3. The number of aryl methyl sites for hydroxylation is 2. The highest BCUT2D eigenvalue weighted by molar-refractivity contribution is 9.10. The minimum absolute atomic E-state index is 0.799. The molecular formula is C12H22BrN3O. The Morgan fingerprint density at radius 1 is 1.41 bits per heavy atom. The molecule has 0 bridgehead atoms. The minimum atomic E-state index is 0.799. The van der Waals surface area contributed by atoms with Crippen molar-refractivity contribution in [1.29, 1.82) is 0 Å². The fourth-order valence-corrected chi connectivity index (χ4v) is 2.42. The van der Waals surface area contributed by atoms with E-state index in [-0.39, 0.29) is 0 Å². The molecule has 0 aliphatic heterocycles. The summed E-state index contributed by atoms with van der Waals surface area (Å²) in [5, 5.41) is 7.87.